The average Bonchev–Trinajstić information content (AvgIpc) is 3.62. The Balaban J connectivity index is 1.67. The molecule has 0 N–H and O–H groups in total. The average molecular weight is 656 g/mol. The number of methoxy groups -OCH3 is 4. The van der Waals surface area contributed by atoms with E-state index in [2.05, 4.69) is 19.7 Å². The Labute approximate surface area is 276 Å². The lowest BCUT2D eigenvalue weighted by atomic mass is 10.1. The molecule has 5 rings (SSSR count). The molecule has 3 aromatic rings. The molecular weight excluding hydrogens is 606 g/mol. The lowest BCUT2D eigenvalue weighted by molar-refractivity contribution is -0.129. The van der Waals surface area contributed by atoms with Crippen LogP contribution in [0, 0.1) is 0 Å². The number of hydrogen-bond donors (Lipinski definition) is 0. The molecule has 2 aliphatic heterocycles. The van der Waals surface area contributed by atoms with Crippen molar-refractivity contribution in [2.24, 2.45) is 0 Å². The van der Waals surface area contributed by atoms with E-state index >= 15 is 0 Å². The van der Waals surface area contributed by atoms with Crippen LogP contribution in [0.2, 0.25) is 0 Å². The Morgan fingerprint density at radius 3 is 1.85 bits per heavy atom. The SMILES string of the molecule is COCCN(CCOC)c1nc(N2CCN(C)C(=O)C2)c2nc(N(CCOC)CCn3ccnc3)nc(N3CCC(OC)CC3)c2n1. The fourth-order valence-electron chi connectivity index (χ4n) is 5.81. The predicted octanol–water partition coefficient (Wildman–Crippen LogP) is 0.762. The highest BCUT2D eigenvalue weighted by atomic mass is 16.5. The number of carbonyl (C=O) groups excluding carboxylic acids is 1. The van der Waals surface area contributed by atoms with Crippen molar-refractivity contribution in [2.45, 2.75) is 25.5 Å². The minimum Gasteiger partial charge on any atom is -0.383 e. The maximum absolute atomic E-state index is 13.0. The van der Waals surface area contributed by atoms with Crippen LogP contribution in [-0.2, 0) is 30.3 Å². The fraction of sp³-hybridized carbons (Fsp3) is 0.677. The standard InChI is InChI=1S/C31H49N11O5/c1-37-12-14-42(22-25(37)43)29-27-26(33-31(36-29)41(17-20-45-3)18-21-46-4)28(39-9-6-24(47-5)7-10-39)35-30(34-27)40(16-19-44-2)15-13-38-11-8-32-23-38/h8,11,23-24H,6-7,9-10,12-22H2,1-5H3. The zero-order valence-corrected chi connectivity index (χ0v) is 28.4. The second-order valence-electron chi connectivity index (χ2n) is 11.8. The molecular formula is C31H49N11O5. The van der Waals surface area contributed by atoms with Gasteiger partial charge in [0.25, 0.3) is 0 Å². The normalized spacial score (nSPS) is 16.0. The van der Waals surface area contributed by atoms with Crippen molar-refractivity contribution in [1.82, 2.24) is 34.4 Å². The molecule has 5 heterocycles. The van der Waals surface area contributed by atoms with Crippen molar-refractivity contribution in [3.05, 3.63) is 18.7 Å². The number of anilines is 4. The number of amides is 1. The summed E-state index contributed by atoms with van der Waals surface area (Å²) in [6.45, 7) is 7.46. The smallest absolute Gasteiger partial charge is 0.241 e. The molecule has 0 radical (unpaired) electrons. The van der Waals surface area contributed by atoms with Crippen LogP contribution in [0.15, 0.2) is 18.7 Å². The quantitative estimate of drug-likeness (QED) is 0.202. The number of imidazole rings is 1. The minimum atomic E-state index is 0.0263. The minimum absolute atomic E-state index is 0.0263. The van der Waals surface area contributed by atoms with Crippen LogP contribution >= 0.6 is 0 Å². The molecule has 3 aromatic heterocycles. The van der Waals surface area contributed by atoms with E-state index in [1.165, 1.54) is 0 Å². The molecule has 2 fully saturated rings. The molecule has 16 heteroatoms. The van der Waals surface area contributed by atoms with Crippen LogP contribution in [0.1, 0.15) is 12.8 Å². The Bertz CT molecular complexity index is 1410. The molecule has 0 saturated carbocycles. The van der Waals surface area contributed by atoms with E-state index < -0.39 is 0 Å². The summed E-state index contributed by atoms with van der Waals surface area (Å²) in [4.78, 5) is 48.1. The van der Waals surface area contributed by atoms with Gasteiger partial charge in [0.1, 0.15) is 11.0 Å². The monoisotopic (exact) mass is 655 g/mol. The molecule has 258 valence electrons. The first-order valence-electron chi connectivity index (χ1n) is 16.2. The number of ether oxygens (including phenoxy) is 4. The van der Waals surface area contributed by atoms with Crippen molar-refractivity contribution in [1.29, 1.82) is 0 Å². The number of likely N-dealkylation sites (N-methyl/N-ethyl adjacent to an activating group) is 1. The number of hydrogen-bond acceptors (Lipinski definition) is 14. The van der Waals surface area contributed by atoms with Gasteiger partial charge in [-0.3, -0.25) is 4.79 Å². The van der Waals surface area contributed by atoms with Crippen LogP contribution in [0.5, 0.6) is 0 Å². The summed E-state index contributed by atoms with van der Waals surface area (Å²) < 4.78 is 24.1. The molecule has 0 unspecified atom stereocenters. The number of nitrogens with zero attached hydrogens (tertiary/aromatic N) is 11. The van der Waals surface area contributed by atoms with Crippen molar-refractivity contribution >= 4 is 40.5 Å². The Hall–Kier alpha value is -3.86. The van der Waals surface area contributed by atoms with Crippen molar-refractivity contribution in [2.75, 3.05) is 134 Å². The Kier molecular flexibility index (Phi) is 12.3. The first kappa shape index (κ1) is 34.5. The summed E-state index contributed by atoms with van der Waals surface area (Å²) in [6.07, 6.45) is 7.46. The fourth-order valence-corrected chi connectivity index (χ4v) is 5.81. The molecule has 2 saturated heterocycles. The lowest BCUT2D eigenvalue weighted by Gasteiger charge is -2.35. The van der Waals surface area contributed by atoms with Crippen LogP contribution in [0.25, 0.3) is 11.0 Å². The molecule has 0 bridgehead atoms. The number of piperidine rings is 1. The van der Waals surface area contributed by atoms with E-state index in [0.29, 0.717) is 94.4 Å². The highest BCUT2D eigenvalue weighted by Gasteiger charge is 2.30. The van der Waals surface area contributed by atoms with E-state index in [1.807, 2.05) is 22.7 Å². The van der Waals surface area contributed by atoms with Gasteiger partial charge < -0.3 is 48.0 Å². The van der Waals surface area contributed by atoms with Crippen molar-refractivity contribution < 1.29 is 23.7 Å². The third-order valence-corrected chi connectivity index (χ3v) is 8.76. The third kappa shape index (κ3) is 8.54. The number of aromatic nitrogens is 6. The largest absolute Gasteiger partial charge is 0.383 e. The van der Waals surface area contributed by atoms with Gasteiger partial charge in [0.2, 0.25) is 17.8 Å². The van der Waals surface area contributed by atoms with Gasteiger partial charge in [0.15, 0.2) is 11.6 Å². The molecule has 16 nitrogen and oxygen atoms in total. The van der Waals surface area contributed by atoms with Gasteiger partial charge in [-0.05, 0) is 12.8 Å². The van der Waals surface area contributed by atoms with Gasteiger partial charge in [0.05, 0.1) is 38.8 Å². The zero-order valence-electron chi connectivity index (χ0n) is 28.4. The summed E-state index contributed by atoms with van der Waals surface area (Å²) in [7, 11) is 8.64. The van der Waals surface area contributed by atoms with E-state index in [0.717, 1.165) is 31.7 Å². The molecule has 47 heavy (non-hydrogen) atoms. The number of rotatable bonds is 17. The molecule has 1 amide bonds. The third-order valence-electron chi connectivity index (χ3n) is 8.76. The zero-order chi connectivity index (χ0) is 33.2. The van der Waals surface area contributed by atoms with Crippen molar-refractivity contribution in [3.63, 3.8) is 0 Å². The van der Waals surface area contributed by atoms with Crippen LogP contribution in [0.4, 0.5) is 23.5 Å². The van der Waals surface area contributed by atoms with Gasteiger partial charge in [0, 0.05) is 107 Å². The summed E-state index contributed by atoms with van der Waals surface area (Å²) >= 11 is 0. The molecule has 0 aliphatic carbocycles. The van der Waals surface area contributed by atoms with Gasteiger partial charge in [-0.15, -0.1) is 0 Å². The van der Waals surface area contributed by atoms with E-state index in [4.69, 9.17) is 38.9 Å². The first-order chi connectivity index (χ1) is 22.9. The van der Waals surface area contributed by atoms with Gasteiger partial charge >= 0.3 is 0 Å². The number of carbonyl (C=O) groups is 1. The van der Waals surface area contributed by atoms with E-state index in [-0.39, 0.29) is 18.6 Å². The summed E-state index contributed by atoms with van der Waals surface area (Å²) in [5, 5.41) is 0. The summed E-state index contributed by atoms with van der Waals surface area (Å²) in [5.74, 6) is 2.47. The van der Waals surface area contributed by atoms with Crippen LogP contribution in [-0.4, -0.2) is 161 Å². The van der Waals surface area contributed by atoms with E-state index in [9.17, 15) is 4.79 Å². The number of fused-ring (bicyclic) bond motifs is 1. The van der Waals surface area contributed by atoms with Crippen LogP contribution in [0.3, 0.4) is 0 Å². The van der Waals surface area contributed by atoms with E-state index in [1.54, 1.807) is 45.9 Å². The Morgan fingerprint density at radius 2 is 1.34 bits per heavy atom. The topological polar surface area (TPSA) is 140 Å². The second kappa shape index (κ2) is 16.8. The Morgan fingerprint density at radius 1 is 0.766 bits per heavy atom. The molecule has 0 spiro atoms. The van der Waals surface area contributed by atoms with Gasteiger partial charge in [-0.25, -0.2) is 15.0 Å². The highest BCUT2D eigenvalue weighted by molar-refractivity contribution is 5.96. The lowest BCUT2D eigenvalue weighted by Crippen LogP contribution is -2.49. The van der Waals surface area contributed by atoms with Crippen molar-refractivity contribution in [3.8, 4) is 0 Å². The predicted molar refractivity (Wildman–Crippen MR) is 180 cm³/mol. The van der Waals surface area contributed by atoms with Gasteiger partial charge in [-0.2, -0.15) is 9.97 Å². The highest BCUT2D eigenvalue weighted by Crippen LogP contribution is 2.34. The maximum atomic E-state index is 13.0. The number of piperazine rings is 1. The molecule has 0 atom stereocenters. The van der Waals surface area contributed by atoms with Crippen LogP contribution < -0.4 is 19.6 Å². The maximum Gasteiger partial charge on any atom is 0.241 e. The van der Waals surface area contributed by atoms with Gasteiger partial charge in [-0.1, -0.05) is 0 Å². The second-order valence-corrected chi connectivity index (χ2v) is 11.8. The molecule has 2 aliphatic rings. The first-order valence-corrected chi connectivity index (χ1v) is 16.2. The summed E-state index contributed by atoms with van der Waals surface area (Å²) in [5.41, 5.74) is 1.26. The molecule has 0 aromatic carbocycles. The summed E-state index contributed by atoms with van der Waals surface area (Å²) in [6, 6.07) is 0.